The van der Waals surface area contributed by atoms with Gasteiger partial charge >= 0.3 is 0 Å². The number of benzene rings is 3. The lowest BCUT2D eigenvalue weighted by atomic mass is 9.92. The molecule has 0 radical (unpaired) electrons. The van der Waals surface area contributed by atoms with Crippen molar-refractivity contribution in [2.75, 3.05) is 13.2 Å². The zero-order valence-corrected chi connectivity index (χ0v) is 16.7. The molecule has 2 unspecified atom stereocenters. The minimum absolute atomic E-state index is 0.358. The molecule has 3 heteroatoms. The molecule has 1 fully saturated rings. The molecule has 2 heterocycles. The van der Waals surface area contributed by atoms with Crippen LogP contribution in [0.2, 0.25) is 0 Å². The standard InChI is InChI=1S/C26H28N2O/c1-3-8-19(9-4-1)22-16-21-13-15-29-26(21)23(17-22)18-28-24-12-7-14-27-25(24)20-10-5-2-6-11-20/h1-6,8-11,16-17,24-25,27-28H,7,12-15,18H2. The molecule has 1 saturated heterocycles. The van der Waals surface area contributed by atoms with Crippen LogP contribution in [0.3, 0.4) is 0 Å². The Hall–Kier alpha value is -2.62. The summed E-state index contributed by atoms with van der Waals surface area (Å²) in [5.74, 6) is 1.09. The number of fused-ring (bicyclic) bond motifs is 1. The molecule has 5 rings (SSSR count). The Morgan fingerprint density at radius 2 is 1.72 bits per heavy atom. The zero-order valence-electron chi connectivity index (χ0n) is 16.7. The second-order valence-corrected chi connectivity index (χ2v) is 8.06. The molecule has 3 aromatic carbocycles. The minimum Gasteiger partial charge on any atom is -0.493 e. The van der Waals surface area contributed by atoms with Gasteiger partial charge in [0.1, 0.15) is 5.75 Å². The number of nitrogens with one attached hydrogen (secondary N) is 2. The van der Waals surface area contributed by atoms with Gasteiger partial charge in [0.25, 0.3) is 0 Å². The van der Waals surface area contributed by atoms with Gasteiger partial charge in [-0.2, -0.15) is 0 Å². The van der Waals surface area contributed by atoms with Gasteiger partial charge in [-0.3, -0.25) is 0 Å². The minimum atomic E-state index is 0.358. The van der Waals surface area contributed by atoms with Crippen molar-refractivity contribution in [3.8, 4) is 16.9 Å². The molecule has 29 heavy (non-hydrogen) atoms. The van der Waals surface area contributed by atoms with Crippen molar-refractivity contribution in [1.29, 1.82) is 0 Å². The summed E-state index contributed by atoms with van der Waals surface area (Å²) in [6.45, 7) is 2.70. The van der Waals surface area contributed by atoms with Gasteiger partial charge in [-0.25, -0.2) is 0 Å². The van der Waals surface area contributed by atoms with E-state index in [1.165, 1.54) is 40.7 Å². The summed E-state index contributed by atoms with van der Waals surface area (Å²) < 4.78 is 6.02. The Morgan fingerprint density at radius 3 is 2.55 bits per heavy atom. The lowest BCUT2D eigenvalue weighted by Crippen LogP contribution is -2.45. The smallest absolute Gasteiger partial charge is 0.127 e. The number of rotatable bonds is 5. The van der Waals surface area contributed by atoms with E-state index in [0.717, 1.165) is 31.9 Å². The van der Waals surface area contributed by atoms with Gasteiger partial charge in [0.2, 0.25) is 0 Å². The molecular formula is C26H28N2O. The van der Waals surface area contributed by atoms with Crippen LogP contribution in [0, 0.1) is 0 Å². The van der Waals surface area contributed by atoms with Gasteiger partial charge in [0.05, 0.1) is 6.61 Å². The first-order valence-corrected chi connectivity index (χ1v) is 10.7. The average molecular weight is 385 g/mol. The molecule has 0 spiro atoms. The molecule has 0 amide bonds. The summed E-state index contributed by atoms with van der Waals surface area (Å²) in [6.07, 6.45) is 3.40. The summed E-state index contributed by atoms with van der Waals surface area (Å²) in [7, 11) is 0. The summed E-state index contributed by atoms with van der Waals surface area (Å²) >= 11 is 0. The SMILES string of the molecule is c1ccc(-c2cc3c(c(CNC4CCCNC4c4ccccc4)c2)OCC3)cc1. The predicted octanol–water partition coefficient (Wildman–Crippen LogP) is 4.87. The third-order valence-electron chi connectivity index (χ3n) is 6.14. The lowest BCUT2D eigenvalue weighted by molar-refractivity contribution is 0.301. The van der Waals surface area contributed by atoms with Crippen LogP contribution in [0.15, 0.2) is 72.8 Å². The number of hydrogen-bond acceptors (Lipinski definition) is 3. The van der Waals surface area contributed by atoms with Crippen LogP contribution in [0.25, 0.3) is 11.1 Å². The maximum Gasteiger partial charge on any atom is 0.127 e. The number of ether oxygens (including phenoxy) is 1. The Labute approximate surface area is 173 Å². The van der Waals surface area contributed by atoms with Crippen molar-refractivity contribution >= 4 is 0 Å². The van der Waals surface area contributed by atoms with E-state index in [4.69, 9.17) is 4.74 Å². The van der Waals surface area contributed by atoms with E-state index >= 15 is 0 Å². The molecule has 3 aromatic rings. The molecule has 2 atom stereocenters. The molecule has 2 aliphatic rings. The van der Waals surface area contributed by atoms with E-state index < -0.39 is 0 Å². The Kier molecular flexibility index (Phi) is 5.33. The van der Waals surface area contributed by atoms with E-state index in [1.807, 2.05) is 0 Å². The van der Waals surface area contributed by atoms with Crippen LogP contribution in [0.4, 0.5) is 0 Å². The quantitative estimate of drug-likeness (QED) is 0.658. The first kappa shape index (κ1) is 18.4. The van der Waals surface area contributed by atoms with E-state index in [0.29, 0.717) is 12.1 Å². The van der Waals surface area contributed by atoms with Crippen LogP contribution < -0.4 is 15.4 Å². The van der Waals surface area contributed by atoms with Crippen LogP contribution >= 0.6 is 0 Å². The normalized spacial score (nSPS) is 20.8. The molecule has 0 aromatic heterocycles. The first-order chi connectivity index (χ1) is 14.4. The fourth-order valence-corrected chi connectivity index (χ4v) is 4.68. The largest absolute Gasteiger partial charge is 0.493 e. The highest BCUT2D eigenvalue weighted by Gasteiger charge is 2.26. The zero-order chi connectivity index (χ0) is 19.5. The van der Waals surface area contributed by atoms with Crippen LogP contribution in [-0.2, 0) is 13.0 Å². The fraction of sp³-hybridized carbons (Fsp3) is 0.308. The highest BCUT2D eigenvalue weighted by molar-refractivity contribution is 5.68. The van der Waals surface area contributed by atoms with Gasteiger partial charge in [-0.15, -0.1) is 0 Å². The average Bonchev–Trinajstić information content (AvgIpc) is 3.28. The second kappa shape index (κ2) is 8.40. The maximum atomic E-state index is 6.02. The molecule has 148 valence electrons. The second-order valence-electron chi connectivity index (χ2n) is 8.06. The molecular weight excluding hydrogens is 356 g/mol. The number of hydrogen-bond donors (Lipinski definition) is 2. The Balaban J connectivity index is 1.39. The predicted molar refractivity (Wildman–Crippen MR) is 118 cm³/mol. The van der Waals surface area contributed by atoms with Crippen LogP contribution in [-0.4, -0.2) is 19.2 Å². The van der Waals surface area contributed by atoms with Crippen LogP contribution in [0.1, 0.15) is 35.6 Å². The Morgan fingerprint density at radius 1 is 0.931 bits per heavy atom. The third-order valence-corrected chi connectivity index (χ3v) is 6.14. The molecule has 0 bridgehead atoms. The van der Waals surface area contributed by atoms with Crippen molar-refractivity contribution in [1.82, 2.24) is 10.6 Å². The monoisotopic (exact) mass is 384 g/mol. The summed E-state index contributed by atoms with van der Waals surface area (Å²) in [6, 6.07) is 26.9. The van der Waals surface area contributed by atoms with Crippen molar-refractivity contribution in [3.05, 3.63) is 89.5 Å². The topological polar surface area (TPSA) is 33.3 Å². The lowest BCUT2D eigenvalue weighted by Gasteiger charge is -2.34. The van der Waals surface area contributed by atoms with E-state index in [9.17, 15) is 0 Å². The molecule has 0 aliphatic carbocycles. The first-order valence-electron chi connectivity index (χ1n) is 10.7. The summed E-state index contributed by atoms with van der Waals surface area (Å²) in [5, 5.41) is 7.57. The molecule has 2 aliphatic heterocycles. The molecule has 3 nitrogen and oxygen atoms in total. The molecule has 2 N–H and O–H groups in total. The number of piperidine rings is 1. The maximum absolute atomic E-state index is 6.02. The van der Waals surface area contributed by atoms with E-state index in [-0.39, 0.29) is 0 Å². The fourth-order valence-electron chi connectivity index (χ4n) is 4.68. The highest BCUT2D eigenvalue weighted by Crippen LogP contribution is 2.35. The van der Waals surface area contributed by atoms with Crippen molar-refractivity contribution in [3.63, 3.8) is 0 Å². The van der Waals surface area contributed by atoms with Gasteiger partial charge in [-0.05, 0) is 53.8 Å². The van der Waals surface area contributed by atoms with Gasteiger partial charge < -0.3 is 15.4 Å². The van der Waals surface area contributed by atoms with Crippen molar-refractivity contribution in [2.24, 2.45) is 0 Å². The Bertz CT molecular complexity index is 955. The molecule has 0 saturated carbocycles. The van der Waals surface area contributed by atoms with Gasteiger partial charge in [0.15, 0.2) is 0 Å². The van der Waals surface area contributed by atoms with Crippen molar-refractivity contribution < 1.29 is 4.74 Å². The van der Waals surface area contributed by atoms with E-state index in [2.05, 4.69) is 83.4 Å². The third kappa shape index (κ3) is 3.93. The summed E-state index contributed by atoms with van der Waals surface area (Å²) in [4.78, 5) is 0. The van der Waals surface area contributed by atoms with Gasteiger partial charge in [-0.1, -0.05) is 60.7 Å². The van der Waals surface area contributed by atoms with Gasteiger partial charge in [0, 0.05) is 30.6 Å². The highest BCUT2D eigenvalue weighted by atomic mass is 16.5. The van der Waals surface area contributed by atoms with Crippen molar-refractivity contribution in [2.45, 2.75) is 37.9 Å². The van der Waals surface area contributed by atoms with Crippen LogP contribution in [0.5, 0.6) is 5.75 Å². The van der Waals surface area contributed by atoms with E-state index in [1.54, 1.807) is 0 Å². The summed E-state index contributed by atoms with van der Waals surface area (Å²) in [5.41, 5.74) is 6.53.